The third-order valence-electron chi connectivity index (χ3n) is 8.28. The van der Waals surface area contributed by atoms with Crippen LogP contribution < -0.4 is 15.5 Å². The molecule has 0 radical (unpaired) electrons. The van der Waals surface area contributed by atoms with Crippen molar-refractivity contribution in [3.05, 3.63) is 53.0 Å². The molecule has 0 bridgehead atoms. The predicted octanol–water partition coefficient (Wildman–Crippen LogP) is 5.89. The second-order valence-electron chi connectivity index (χ2n) is 11.5. The number of anilines is 1. The number of hydrogen-bond donors (Lipinski definition) is 3. The number of nitrogens with one attached hydrogen (secondary N) is 2. The monoisotopic (exact) mass is 608 g/mol. The number of unbranched alkanes of at least 4 members (excludes halogenated alkanes) is 4. The zero-order valence-corrected chi connectivity index (χ0v) is 26.1. The van der Waals surface area contributed by atoms with Gasteiger partial charge in [-0.2, -0.15) is 0 Å². The summed E-state index contributed by atoms with van der Waals surface area (Å²) in [7, 11) is 0. The summed E-state index contributed by atoms with van der Waals surface area (Å²) in [6.07, 6.45) is 7.59. The van der Waals surface area contributed by atoms with Crippen molar-refractivity contribution in [2.75, 3.05) is 18.0 Å². The summed E-state index contributed by atoms with van der Waals surface area (Å²) in [5.41, 5.74) is 3.29. The third-order valence-corrected chi connectivity index (χ3v) is 9.13. The molecule has 43 heavy (non-hydrogen) atoms. The van der Waals surface area contributed by atoms with Crippen molar-refractivity contribution in [3.63, 3.8) is 0 Å². The number of carboxylic acids is 1. The van der Waals surface area contributed by atoms with E-state index in [0.717, 1.165) is 72.8 Å². The number of nitrogens with zero attached hydrogens (tertiary/aromatic N) is 2. The summed E-state index contributed by atoms with van der Waals surface area (Å²) < 4.78 is 2.80. The van der Waals surface area contributed by atoms with E-state index in [0.29, 0.717) is 25.2 Å². The van der Waals surface area contributed by atoms with Gasteiger partial charge in [-0.15, -0.1) is 11.3 Å². The Bertz CT molecular complexity index is 1410. The number of rotatable bonds is 15. The van der Waals surface area contributed by atoms with Crippen LogP contribution in [0.2, 0.25) is 0 Å². The normalized spacial score (nSPS) is 16.6. The molecule has 1 saturated carbocycles. The van der Waals surface area contributed by atoms with Crippen LogP contribution in [0.25, 0.3) is 10.2 Å². The summed E-state index contributed by atoms with van der Waals surface area (Å²) in [6, 6.07) is 11.7. The number of aryl methyl sites for hydroxylation is 1. The lowest BCUT2D eigenvalue weighted by molar-refractivity contribution is -0.137. The van der Waals surface area contributed by atoms with Crippen LogP contribution in [0, 0.1) is 12.8 Å². The fourth-order valence-corrected chi connectivity index (χ4v) is 6.72. The van der Waals surface area contributed by atoms with Crippen LogP contribution in [0.5, 0.6) is 0 Å². The van der Waals surface area contributed by atoms with Crippen molar-refractivity contribution in [2.45, 2.75) is 90.6 Å². The highest BCUT2D eigenvalue weighted by molar-refractivity contribution is 7.17. The van der Waals surface area contributed by atoms with Crippen LogP contribution >= 0.6 is 11.3 Å². The van der Waals surface area contributed by atoms with Crippen molar-refractivity contribution in [3.8, 4) is 0 Å². The van der Waals surface area contributed by atoms with Gasteiger partial charge in [0.1, 0.15) is 12.2 Å². The van der Waals surface area contributed by atoms with Crippen LogP contribution in [-0.2, 0) is 20.9 Å². The van der Waals surface area contributed by atoms with Crippen LogP contribution in [0.4, 0.5) is 5.69 Å². The SMILES string of the molecule is CCN(C(=O)Cn1c(C(=O)N[C@H]2CC[C@H](C(=O)NCCCCCCCC(=O)O)CC2)cc2sccc21)c1cccc(C)c1. The molecule has 9 nitrogen and oxygen atoms in total. The topological polar surface area (TPSA) is 121 Å². The molecule has 0 saturated heterocycles. The Morgan fingerprint density at radius 1 is 1.00 bits per heavy atom. The molecule has 3 aromatic rings. The molecule has 1 aromatic carbocycles. The zero-order valence-electron chi connectivity index (χ0n) is 25.3. The third kappa shape index (κ3) is 8.92. The van der Waals surface area contributed by atoms with Gasteiger partial charge in [0.25, 0.3) is 5.91 Å². The first-order valence-electron chi connectivity index (χ1n) is 15.5. The number of likely N-dealkylation sites (N-methyl/N-ethyl adjacent to an activating group) is 1. The Morgan fingerprint density at radius 3 is 2.47 bits per heavy atom. The van der Waals surface area contributed by atoms with E-state index >= 15 is 0 Å². The van der Waals surface area contributed by atoms with Gasteiger partial charge in [0, 0.05) is 37.2 Å². The smallest absolute Gasteiger partial charge is 0.303 e. The second kappa shape index (κ2) is 15.7. The number of carbonyl (C=O) groups is 4. The number of aromatic nitrogens is 1. The highest BCUT2D eigenvalue weighted by Gasteiger charge is 2.28. The van der Waals surface area contributed by atoms with Crippen molar-refractivity contribution >= 4 is 50.9 Å². The van der Waals surface area contributed by atoms with Crippen LogP contribution in [0.1, 0.15) is 87.2 Å². The molecule has 0 aliphatic heterocycles. The van der Waals surface area contributed by atoms with E-state index in [2.05, 4.69) is 10.6 Å². The molecule has 1 fully saturated rings. The van der Waals surface area contributed by atoms with Gasteiger partial charge in [0.15, 0.2) is 0 Å². The zero-order chi connectivity index (χ0) is 30.8. The fraction of sp³-hybridized carbons (Fsp3) is 0.515. The molecule has 2 aromatic heterocycles. The molecule has 0 spiro atoms. The molecule has 3 amide bonds. The number of amides is 3. The van der Waals surface area contributed by atoms with E-state index in [1.165, 1.54) is 0 Å². The van der Waals surface area contributed by atoms with Crippen LogP contribution in [0.15, 0.2) is 41.8 Å². The van der Waals surface area contributed by atoms with Gasteiger partial charge < -0.3 is 25.2 Å². The van der Waals surface area contributed by atoms with E-state index in [-0.39, 0.29) is 42.6 Å². The lowest BCUT2D eigenvalue weighted by Crippen LogP contribution is -2.42. The summed E-state index contributed by atoms with van der Waals surface area (Å²) in [4.78, 5) is 52.0. The average molecular weight is 609 g/mol. The predicted molar refractivity (Wildman–Crippen MR) is 171 cm³/mol. The number of fused-ring (bicyclic) bond motifs is 1. The summed E-state index contributed by atoms with van der Waals surface area (Å²) in [5, 5.41) is 16.9. The van der Waals surface area contributed by atoms with E-state index in [1.807, 2.05) is 60.2 Å². The Balaban J connectivity index is 1.27. The molecular formula is C33H44N4O5S. The lowest BCUT2D eigenvalue weighted by Gasteiger charge is -2.28. The molecule has 0 unspecified atom stereocenters. The lowest BCUT2D eigenvalue weighted by atomic mass is 9.85. The molecule has 232 valence electrons. The second-order valence-corrected chi connectivity index (χ2v) is 12.4. The van der Waals surface area contributed by atoms with E-state index in [4.69, 9.17) is 5.11 Å². The maximum atomic E-state index is 13.5. The first-order chi connectivity index (χ1) is 20.8. The van der Waals surface area contributed by atoms with Gasteiger partial charge in [0.05, 0.1) is 10.2 Å². The van der Waals surface area contributed by atoms with E-state index in [9.17, 15) is 19.2 Å². The van der Waals surface area contributed by atoms with Crippen molar-refractivity contribution in [1.82, 2.24) is 15.2 Å². The number of aliphatic carboxylic acids is 1. The van der Waals surface area contributed by atoms with Crippen molar-refractivity contribution in [2.24, 2.45) is 5.92 Å². The number of carbonyl (C=O) groups excluding carboxylic acids is 3. The molecule has 1 aliphatic rings. The number of carboxylic acid groups (broad SMARTS) is 1. The highest BCUT2D eigenvalue weighted by Crippen LogP contribution is 2.28. The molecule has 10 heteroatoms. The first-order valence-corrected chi connectivity index (χ1v) is 16.4. The highest BCUT2D eigenvalue weighted by atomic mass is 32.1. The Labute approximate surface area is 257 Å². The standard InChI is InChI=1S/C33H44N4O5S/c1-3-36(26-11-9-10-23(2)20-26)30(38)22-37-27-17-19-43-29(27)21-28(37)33(42)35-25-15-13-24(14-16-25)32(41)34-18-8-6-4-5-7-12-31(39)40/h9-11,17,19-21,24-25H,3-8,12-16,18,22H2,1-2H3,(H,34,41)(H,35,42)(H,39,40)/t24-,25-. The van der Waals surface area contributed by atoms with Gasteiger partial charge in [-0.3, -0.25) is 19.2 Å². The number of benzene rings is 1. The fourth-order valence-electron chi connectivity index (χ4n) is 5.90. The van der Waals surface area contributed by atoms with E-state index in [1.54, 1.807) is 16.2 Å². The van der Waals surface area contributed by atoms with Crippen LogP contribution in [-0.4, -0.2) is 52.5 Å². The summed E-state index contributed by atoms with van der Waals surface area (Å²) in [6.45, 7) is 5.19. The maximum Gasteiger partial charge on any atom is 0.303 e. The van der Waals surface area contributed by atoms with E-state index < -0.39 is 5.97 Å². The summed E-state index contributed by atoms with van der Waals surface area (Å²) in [5.74, 6) is -0.975. The average Bonchev–Trinajstić information content (AvgIpc) is 3.58. The minimum Gasteiger partial charge on any atom is -0.481 e. The molecule has 4 rings (SSSR count). The molecule has 0 atom stereocenters. The van der Waals surface area contributed by atoms with Gasteiger partial charge in [-0.25, -0.2) is 0 Å². The Hall–Kier alpha value is -3.66. The first kappa shape index (κ1) is 32.3. The number of thiophene rings is 1. The van der Waals surface area contributed by atoms with Gasteiger partial charge in [-0.1, -0.05) is 31.4 Å². The molecular weight excluding hydrogens is 564 g/mol. The quantitative estimate of drug-likeness (QED) is 0.186. The van der Waals surface area contributed by atoms with Gasteiger partial charge >= 0.3 is 5.97 Å². The minimum absolute atomic E-state index is 0.0149. The van der Waals surface area contributed by atoms with Gasteiger partial charge in [-0.05, 0) is 87.6 Å². The number of hydrogen-bond acceptors (Lipinski definition) is 5. The Morgan fingerprint density at radius 2 is 1.74 bits per heavy atom. The van der Waals surface area contributed by atoms with Crippen molar-refractivity contribution < 1.29 is 24.3 Å². The van der Waals surface area contributed by atoms with Crippen molar-refractivity contribution in [1.29, 1.82) is 0 Å². The maximum absolute atomic E-state index is 13.5. The molecule has 1 aliphatic carbocycles. The van der Waals surface area contributed by atoms with Gasteiger partial charge in [0.2, 0.25) is 11.8 Å². The summed E-state index contributed by atoms with van der Waals surface area (Å²) >= 11 is 1.55. The minimum atomic E-state index is -0.750. The largest absolute Gasteiger partial charge is 0.481 e. The molecule has 3 N–H and O–H groups in total. The Kier molecular flexibility index (Phi) is 11.8. The van der Waals surface area contributed by atoms with Crippen LogP contribution in [0.3, 0.4) is 0 Å². The molecule has 2 heterocycles.